The second kappa shape index (κ2) is 6.10. The van der Waals surface area contributed by atoms with Crippen molar-refractivity contribution >= 4 is 5.97 Å². The maximum atomic E-state index is 11.5. The summed E-state index contributed by atoms with van der Waals surface area (Å²) in [6.07, 6.45) is 0. The Morgan fingerprint density at radius 2 is 2.06 bits per heavy atom. The average molecular weight is 239 g/mol. The van der Waals surface area contributed by atoms with Crippen LogP contribution in [0.1, 0.15) is 18.5 Å². The number of benzene rings is 1. The van der Waals surface area contributed by atoms with Gasteiger partial charge in [-0.25, -0.2) is 4.79 Å². The van der Waals surface area contributed by atoms with Gasteiger partial charge in [0.25, 0.3) is 0 Å². The third-order valence-corrected chi connectivity index (χ3v) is 2.32. The number of hydrogen-bond donors (Lipinski definition) is 1. The zero-order valence-electron chi connectivity index (χ0n) is 10.2. The van der Waals surface area contributed by atoms with Gasteiger partial charge in [0.1, 0.15) is 17.5 Å². The van der Waals surface area contributed by atoms with Crippen LogP contribution in [0.2, 0.25) is 0 Å². The van der Waals surface area contributed by atoms with Crippen molar-refractivity contribution in [2.24, 2.45) is 5.73 Å². The maximum absolute atomic E-state index is 11.5. The number of ether oxygens (including phenoxy) is 3. The van der Waals surface area contributed by atoms with Crippen molar-refractivity contribution in [3.63, 3.8) is 0 Å². The summed E-state index contributed by atoms with van der Waals surface area (Å²) >= 11 is 0. The molecule has 1 atom stereocenters. The van der Waals surface area contributed by atoms with Gasteiger partial charge in [0, 0.05) is 11.6 Å². The van der Waals surface area contributed by atoms with Crippen molar-refractivity contribution in [1.29, 1.82) is 0 Å². The van der Waals surface area contributed by atoms with E-state index in [2.05, 4.69) is 0 Å². The van der Waals surface area contributed by atoms with Crippen molar-refractivity contribution in [3.8, 4) is 11.5 Å². The Morgan fingerprint density at radius 1 is 1.35 bits per heavy atom. The van der Waals surface area contributed by atoms with Crippen LogP contribution in [0.15, 0.2) is 18.2 Å². The molecule has 17 heavy (non-hydrogen) atoms. The summed E-state index contributed by atoms with van der Waals surface area (Å²) in [5, 5.41) is 0. The predicted octanol–water partition coefficient (Wildman–Crippen LogP) is 1.27. The Kier molecular flexibility index (Phi) is 4.78. The molecule has 1 aromatic rings. The maximum Gasteiger partial charge on any atom is 0.327 e. The lowest BCUT2D eigenvalue weighted by atomic mass is 10.1. The molecule has 0 aliphatic carbocycles. The average Bonchev–Trinajstić information content (AvgIpc) is 2.37. The summed E-state index contributed by atoms with van der Waals surface area (Å²) in [4.78, 5) is 11.5. The highest BCUT2D eigenvalue weighted by molar-refractivity contribution is 5.78. The molecule has 1 rings (SSSR count). The number of methoxy groups -OCH3 is 2. The molecule has 1 unspecified atom stereocenters. The molecule has 5 nitrogen and oxygen atoms in total. The first-order valence-electron chi connectivity index (χ1n) is 5.28. The third kappa shape index (κ3) is 3.10. The van der Waals surface area contributed by atoms with Crippen LogP contribution in [0.25, 0.3) is 0 Å². The van der Waals surface area contributed by atoms with Gasteiger partial charge in [-0.3, -0.25) is 0 Å². The van der Waals surface area contributed by atoms with Gasteiger partial charge in [0.2, 0.25) is 0 Å². The minimum Gasteiger partial charge on any atom is -0.497 e. The van der Waals surface area contributed by atoms with Crippen LogP contribution in [0.3, 0.4) is 0 Å². The zero-order chi connectivity index (χ0) is 12.8. The minimum atomic E-state index is -0.851. The number of carbonyl (C=O) groups is 1. The van der Waals surface area contributed by atoms with Crippen molar-refractivity contribution in [2.45, 2.75) is 13.0 Å². The fraction of sp³-hybridized carbons (Fsp3) is 0.417. The smallest absolute Gasteiger partial charge is 0.327 e. The predicted molar refractivity (Wildman–Crippen MR) is 63.1 cm³/mol. The lowest BCUT2D eigenvalue weighted by Crippen LogP contribution is -2.24. The number of rotatable bonds is 5. The molecule has 0 spiro atoms. The molecule has 0 heterocycles. The molecule has 0 saturated carbocycles. The van der Waals surface area contributed by atoms with Gasteiger partial charge >= 0.3 is 5.97 Å². The van der Waals surface area contributed by atoms with Gasteiger partial charge in [0.05, 0.1) is 20.8 Å². The van der Waals surface area contributed by atoms with Crippen LogP contribution < -0.4 is 15.2 Å². The Morgan fingerprint density at radius 3 is 2.59 bits per heavy atom. The molecule has 1 aromatic carbocycles. The van der Waals surface area contributed by atoms with Crippen molar-refractivity contribution in [2.75, 3.05) is 20.8 Å². The first kappa shape index (κ1) is 13.3. The minimum absolute atomic E-state index is 0.297. The third-order valence-electron chi connectivity index (χ3n) is 2.32. The summed E-state index contributed by atoms with van der Waals surface area (Å²) in [6.45, 7) is 2.03. The van der Waals surface area contributed by atoms with E-state index >= 15 is 0 Å². The first-order valence-corrected chi connectivity index (χ1v) is 5.28. The van der Waals surface area contributed by atoms with E-state index in [1.807, 2.05) is 0 Å². The Bertz CT molecular complexity index is 392. The van der Waals surface area contributed by atoms with Crippen molar-refractivity contribution in [1.82, 2.24) is 0 Å². The molecule has 2 N–H and O–H groups in total. The topological polar surface area (TPSA) is 70.8 Å². The van der Waals surface area contributed by atoms with Gasteiger partial charge in [-0.05, 0) is 19.1 Å². The molecule has 0 bridgehead atoms. The number of esters is 1. The molecule has 0 aliphatic heterocycles. The second-order valence-corrected chi connectivity index (χ2v) is 3.34. The highest BCUT2D eigenvalue weighted by Crippen LogP contribution is 2.28. The van der Waals surface area contributed by atoms with Crippen LogP contribution in [0.5, 0.6) is 11.5 Å². The number of hydrogen-bond acceptors (Lipinski definition) is 5. The molecule has 5 heteroatoms. The summed E-state index contributed by atoms with van der Waals surface area (Å²) in [5.74, 6) is 0.669. The standard InChI is InChI=1S/C12H17NO4/c1-4-17-12(14)11(13)9-6-5-8(15-2)7-10(9)16-3/h5-7,11H,4,13H2,1-3H3. The second-order valence-electron chi connectivity index (χ2n) is 3.34. The van der Waals surface area contributed by atoms with Crippen molar-refractivity contribution in [3.05, 3.63) is 23.8 Å². The lowest BCUT2D eigenvalue weighted by Gasteiger charge is -2.15. The van der Waals surface area contributed by atoms with Crippen molar-refractivity contribution < 1.29 is 19.0 Å². The highest BCUT2D eigenvalue weighted by atomic mass is 16.5. The van der Waals surface area contributed by atoms with Crippen LogP contribution in [-0.2, 0) is 9.53 Å². The van der Waals surface area contributed by atoms with Gasteiger partial charge in [-0.1, -0.05) is 0 Å². The lowest BCUT2D eigenvalue weighted by molar-refractivity contribution is -0.144. The number of nitrogens with two attached hydrogens (primary N) is 1. The summed E-state index contributed by atoms with van der Waals surface area (Å²) in [6, 6.07) is 4.24. The molecule has 0 saturated heterocycles. The normalized spacial score (nSPS) is 11.8. The highest BCUT2D eigenvalue weighted by Gasteiger charge is 2.21. The van der Waals surface area contributed by atoms with Gasteiger partial charge in [-0.15, -0.1) is 0 Å². The molecule has 0 aromatic heterocycles. The van der Waals surface area contributed by atoms with E-state index in [4.69, 9.17) is 19.9 Å². The van der Waals surface area contributed by atoms with Gasteiger partial charge in [0.15, 0.2) is 0 Å². The monoisotopic (exact) mass is 239 g/mol. The summed E-state index contributed by atoms with van der Waals surface area (Å²) in [5.41, 5.74) is 6.37. The molecule has 0 aliphatic rings. The van der Waals surface area contributed by atoms with E-state index in [-0.39, 0.29) is 0 Å². The largest absolute Gasteiger partial charge is 0.497 e. The van der Waals surface area contributed by atoms with Gasteiger partial charge in [-0.2, -0.15) is 0 Å². The van der Waals surface area contributed by atoms with Crippen LogP contribution in [-0.4, -0.2) is 26.8 Å². The molecule has 0 fully saturated rings. The van der Waals surface area contributed by atoms with E-state index in [0.717, 1.165) is 0 Å². The molecular weight excluding hydrogens is 222 g/mol. The Balaban J connectivity index is 3.00. The van der Waals surface area contributed by atoms with E-state index in [1.54, 1.807) is 32.2 Å². The van der Waals surface area contributed by atoms with E-state index in [1.165, 1.54) is 7.11 Å². The SMILES string of the molecule is CCOC(=O)C(N)c1ccc(OC)cc1OC. The zero-order valence-corrected chi connectivity index (χ0v) is 10.2. The fourth-order valence-corrected chi connectivity index (χ4v) is 1.43. The fourth-order valence-electron chi connectivity index (χ4n) is 1.43. The number of carbonyl (C=O) groups excluding carboxylic acids is 1. The summed E-state index contributed by atoms with van der Waals surface area (Å²) < 4.78 is 15.1. The van der Waals surface area contributed by atoms with E-state index in [9.17, 15) is 4.79 Å². The van der Waals surface area contributed by atoms with Crippen LogP contribution in [0.4, 0.5) is 0 Å². The molecule has 0 amide bonds. The van der Waals surface area contributed by atoms with Crippen LogP contribution in [0, 0.1) is 0 Å². The van der Waals surface area contributed by atoms with E-state index < -0.39 is 12.0 Å². The summed E-state index contributed by atoms with van der Waals surface area (Å²) in [7, 11) is 3.07. The first-order chi connectivity index (χ1) is 8.13. The quantitative estimate of drug-likeness (QED) is 0.783. The Labute approximate surface area is 100 Å². The van der Waals surface area contributed by atoms with Crippen LogP contribution >= 0.6 is 0 Å². The van der Waals surface area contributed by atoms with E-state index in [0.29, 0.717) is 23.7 Å². The molecule has 0 radical (unpaired) electrons. The Hall–Kier alpha value is -1.75. The van der Waals surface area contributed by atoms with Gasteiger partial charge < -0.3 is 19.9 Å². The molecule has 94 valence electrons. The molecular formula is C12H17NO4.